The monoisotopic (exact) mass is 447 g/mol. The number of carbonyl (C=O) groups is 2. The van der Waals surface area contributed by atoms with E-state index in [2.05, 4.69) is 19.2 Å². The Morgan fingerprint density at radius 1 is 1.06 bits per heavy atom. The van der Waals surface area contributed by atoms with Crippen LogP contribution in [0.15, 0.2) is 18.2 Å². The number of rotatable bonds is 8. The van der Waals surface area contributed by atoms with Crippen LogP contribution in [-0.2, 0) is 16.1 Å². The van der Waals surface area contributed by atoms with E-state index in [4.69, 9.17) is 17.3 Å². The van der Waals surface area contributed by atoms with Crippen molar-refractivity contribution < 1.29 is 9.59 Å². The van der Waals surface area contributed by atoms with Crippen LogP contribution in [0.25, 0.3) is 0 Å². The molecule has 3 rings (SSSR count). The molecule has 0 unspecified atom stereocenters. The Balaban J connectivity index is 1.76. The summed E-state index contributed by atoms with van der Waals surface area (Å²) < 4.78 is 0. The van der Waals surface area contributed by atoms with Crippen LogP contribution in [0.2, 0.25) is 5.02 Å². The molecule has 172 valence electrons. The van der Waals surface area contributed by atoms with Crippen LogP contribution >= 0.6 is 11.6 Å². The molecule has 0 aliphatic heterocycles. The fourth-order valence-electron chi connectivity index (χ4n) is 4.81. The van der Waals surface area contributed by atoms with Gasteiger partial charge in [0.25, 0.3) is 0 Å². The van der Waals surface area contributed by atoms with E-state index in [1.165, 1.54) is 6.42 Å². The molecule has 0 aromatic heterocycles. The lowest BCUT2D eigenvalue weighted by Crippen LogP contribution is -2.44. The van der Waals surface area contributed by atoms with E-state index < -0.39 is 0 Å². The highest BCUT2D eigenvalue weighted by Crippen LogP contribution is 2.30. The fourth-order valence-corrected chi connectivity index (χ4v) is 4.99. The van der Waals surface area contributed by atoms with Gasteiger partial charge >= 0.3 is 0 Å². The number of nitrogens with one attached hydrogen (secondary N) is 1. The van der Waals surface area contributed by atoms with Crippen LogP contribution in [-0.4, -0.2) is 29.8 Å². The predicted octanol–water partition coefficient (Wildman–Crippen LogP) is 5.36. The summed E-state index contributed by atoms with van der Waals surface area (Å²) in [7, 11) is 0. The molecule has 2 aliphatic rings. The predicted molar refractivity (Wildman–Crippen MR) is 127 cm³/mol. The zero-order valence-electron chi connectivity index (χ0n) is 19.1. The van der Waals surface area contributed by atoms with Crippen molar-refractivity contribution in [3.05, 3.63) is 28.8 Å². The second kappa shape index (κ2) is 10.8. The number of nitrogens with two attached hydrogens (primary N) is 1. The van der Waals surface area contributed by atoms with Crippen LogP contribution in [0.4, 0.5) is 5.69 Å². The molecule has 5 nitrogen and oxygen atoms in total. The summed E-state index contributed by atoms with van der Waals surface area (Å²) in [6.07, 6.45) is 9.55. The summed E-state index contributed by atoms with van der Waals surface area (Å²) in [5.74, 6) is 0.489. The summed E-state index contributed by atoms with van der Waals surface area (Å²) >= 11 is 6.52. The van der Waals surface area contributed by atoms with Crippen molar-refractivity contribution in [1.82, 2.24) is 4.90 Å². The molecule has 31 heavy (non-hydrogen) atoms. The van der Waals surface area contributed by atoms with Gasteiger partial charge in [0.2, 0.25) is 11.8 Å². The van der Waals surface area contributed by atoms with Crippen LogP contribution in [0.5, 0.6) is 0 Å². The minimum Gasteiger partial charge on any atom is -0.337 e. The maximum absolute atomic E-state index is 13.4. The highest BCUT2D eigenvalue weighted by molar-refractivity contribution is 6.31. The van der Waals surface area contributed by atoms with Crippen molar-refractivity contribution in [2.45, 2.75) is 78.2 Å². The minimum absolute atomic E-state index is 0.0881. The highest BCUT2D eigenvalue weighted by atomic mass is 35.5. The first-order valence-corrected chi connectivity index (χ1v) is 12.2. The summed E-state index contributed by atoms with van der Waals surface area (Å²) in [6, 6.07) is 5.58. The Labute approximate surface area is 192 Å². The van der Waals surface area contributed by atoms with Gasteiger partial charge < -0.3 is 16.0 Å². The average molecular weight is 448 g/mol. The summed E-state index contributed by atoms with van der Waals surface area (Å²) in [5, 5.41) is 3.67. The van der Waals surface area contributed by atoms with Gasteiger partial charge in [-0.15, -0.1) is 0 Å². The van der Waals surface area contributed by atoms with Crippen LogP contribution < -0.4 is 11.1 Å². The maximum Gasteiger partial charge on any atom is 0.227 e. The van der Waals surface area contributed by atoms with Crippen molar-refractivity contribution in [1.29, 1.82) is 0 Å². The first-order valence-electron chi connectivity index (χ1n) is 11.9. The number of hydrogen-bond donors (Lipinski definition) is 2. The molecule has 0 radical (unpaired) electrons. The van der Waals surface area contributed by atoms with Crippen molar-refractivity contribution in [3.8, 4) is 0 Å². The lowest BCUT2D eigenvalue weighted by atomic mass is 9.86. The number of benzene rings is 1. The second-order valence-corrected chi connectivity index (χ2v) is 10.6. The summed E-state index contributed by atoms with van der Waals surface area (Å²) in [6.45, 7) is 5.72. The molecule has 2 aliphatic carbocycles. The molecule has 0 saturated heterocycles. The van der Waals surface area contributed by atoms with Crippen molar-refractivity contribution >= 4 is 29.1 Å². The third-order valence-corrected chi connectivity index (χ3v) is 7.21. The van der Waals surface area contributed by atoms with E-state index in [-0.39, 0.29) is 29.1 Å². The minimum atomic E-state index is -0.175. The Hall–Kier alpha value is -1.59. The van der Waals surface area contributed by atoms with Gasteiger partial charge in [-0.25, -0.2) is 0 Å². The molecule has 2 amide bonds. The Morgan fingerprint density at radius 3 is 2.32 bits per heavy atom. The SMILES string of the molecule is CC(C)(CN)CN(Cc1cc(NC(=O)C2CCCC2)ccc1Cl)C(=O)C1CCCCC1. The molecule has 1 aromatic rings. The Bertz CT molecular complexity index is 768. The summed E-state index contributed by atoms with van der Waals surface area (Å²) in [5.41, 5.74) is 7.42. The van der Waals surface area contributed by atoms with Gasteiger partial charge in [0.1, 0.15) is 0 Å². The standard InChI is InChI=1S/C25H38ClN3O2/c1-25(2,16-27)17-29(24(31)19-10-4-3-5-11-19)15-20-14-21(12-13-22(20)26)28-23(30)18-8-6-7-9-18/h12-14,18-19H,3-11,15-17,27H2,1-2H3,(H,28,30). The third-order valence-electron chi connectivity index (χ3n) is 6.84. The summed E-state index contributed by atoms with van der Waals surface area (Å²) in [4.78, 5) is 27.9. The molecule has 1 aromatic carbocycles. The molecule has 0 atom stereocenters. The van der Waals surface area contributed by atoms with Gasteiger partial charge in [-0.3, -0.25) is 9.59 Å². The first kappa shape index (κ1) is 24.1. The normalized spacial score (nSPS) is 18.2. The molecule has 0 heterocycles. The van der Waals surface area contributed by atoms with Crippen LogP contribution in [0, 0.1) is 17.3 Å². The molecular weight excluding hydrogens is 410 g/mol. The van der Waals surface area contributed by atoms with Crippen LogP contribution in [0.3, 0.4) is 0 Å². The Morgan fingerprint density at radius 2 is 1.68 bits per heavy atom. The molecule has 2 saturated carbocycles. The van der Waals surface area contributed by atoms with Gasteiger partial charge in [0.05, 0.1) is 0 Å². The van der Waals surface area contributed by atoms with Gasteiger partial charge in [-0.1, -0.05) is 57.6 Å². The fraction of sp³-hybridized carbons (Fsp3) is 0.680. The van der Waals surface area contributed by atoms with Gasteiger partial charge in [-0.2, -0.15) is 0 Å². The van der Waals surface area contributed by atoms with Gasteiger partial charge in [-0.05, 0) is 61.4 Å². The molecule has 2 fully saturated rings. The van der Waals surface area contributed by atoms with E-state index in [0.717, 1.165) is 62.6 Å². The van der Waals surface area contributed by atoms with Crippen LogP contribution in [0.1, 0.15) is 77.2 Å². The molecule has 0 bridgehead atoms. The molecular formula is C25H38ClN3O2. The average Bonchev–Trinajstić information content (AvgIpc) is 3.31. The van der Waals surface area contributed by atoms with Crippen molar-refractivity contribution in [2.75, 3.05) is 18.4 Å². The van der Waals surface area contributed by atoms with E-state index in [1.807, 2.05) is 23.1 Å². The number of nitrogens with zero attached hydrogens (tertiary/aromatic N) is 1. The van der Waals surface area contributed by atoms with Crippen molar-refractivity contribution in [2.24, 2.45) is 23.0 Å². The zero-order chi connectivity index (χ0) is 22.4. The zero-order valence-corrected chi connectivity index (χ0v) is 19.8. The maximum atomic E-state index is 13.4. The van der Waals surface area contributed by atoms with E-state index in [9.17, 15) is 9.59 Å². The second-order valence-electron chi connectivity index (χ2n) is 10.2. The number of amides is 2. The van der Waals surface area contributed by atoms with E-state index in [1.54, 1.807) is 0 Å². The lowest BCUT2D eigenvalue weighted by Gasteiger charge is -2.35. The quantitative estimate of drug-likeness (QED) is 0.563. The number of anilines is 1. The Kier molecular flexibility index (Phi) is 8.40. The molecule has 6 heteroatoms. The van der Waals surface area contributed by atoms with Gasteiger partial charge in [0, 0.05) is 35.6 Å². The van der Waals surface area contributed by atoms with E-state index >= 15 is 0 Å². The molecule has 3 N–H and O–H groups in total. The first-order chi connectivity index (χ1) is 14.8. The van der Waals surface area contributed by atoms with Crippen molar-refractivity contribution in [3.63, 3.8) is 0 Å². The number of hydrogen-bond acceptors (Lipinski definition) is 3. The van der Waals surface area contributed by atoms with E-state index in [0.29, 0.717) is 24.7 Å². The smallest absolute Gasteiger partial charge is 0.227 e. The lowest BCUT2D eigenvalue weighted by molar-refractivity contribution is -0.138. The number of carbonyl (C=O) groups excluding carboxylic acids is 2. The highest BCUT2D eigenvalue weighted by Gasteiger charge is 2.30. The van der Waals surface area contributed by atoms with Gasteiger partial charge in [0.15, 0.2) is 0 Å². The molecule has 0 spiro atoms. The largest absolute Gasteiger partial charge is 0.337 e. The number of halogens is 1. The third kappa shape index (κ3) is 6.69. The topological polar surface area (TPSA) is 75.4 Å².